The van der Waals surface area contributed by atoms with E-state index in [0.717, 1.165) is 19.3 Å². The van der Waals surface area contributed by atoms with Crippen LogP contribution in [-0.2, 0) is 16.0 Å². The van der Waals surface area contributed by atoms with Crippen molar-refractivity contribution in [2.45, 2.75) is 26.2 Å². The number of amides is 2. The molecular formula is C19H20N4O4. The predicted molar refractivity (Wildman–Crippen MR) is 103 cm³/mol. The Morgan fingerprint density at radius 3 is 2.56 bits per heavy atom. The normalized spacial score (nSPS) is 10.6. The number of non-ortho nitro benzene ring substituents is 1. The van der Waals surface area contributed by atoms with Crippen LogP contribution in [0.5, 0.6) is 0 Å². The monoisotopic (exact) mass is 368 g/mol. The summed E-state index contributed by atoms with van der Waals surface area (Å²) in [5.74, 6) is -1.79. The number of rotatable bonds is 7. The highest BCUT2D eigenvalue weighted by Crippen LogP contribution is 2.12. The Kier molecular flexibility index (Phi) is 7.18. The van der Waals surface area contributed by atoms with Crippen molar-refractivity contribution in [3.63, 3.8) is 0 Å². The number of hydrogen-bond donors (Lipinski definition) is 2. The molecule has 8 heteroatoms. The van der Waals surface area contributed by atoms with Gasteiger partial charge in [-0.15, -0.1) is 0 Å². The van der Waals surface area contributed by atoms with Crippen molar-refractivity contribution >= 4 is 29.4 Å². The third kappa shape index (κ3) is 6.35. The summed E-state index contributed by atoms with van der Waals surface area (Å²) in [7, 11) is 0. The first-order valence-electron chi connectivity index (χ1n) is 8.47. The average Bonchev–Trinajstić information content (AvgIpc) is 2.67. The SMILES string of the molecule is CCCCc1ccc(NC(=O)C(=O)NN=Cc2cccc([N+](=O)[O-])c2)cc1. The van der Waals surface area contributed by atoms with Gasteiger partial charge in [-0.05, 0) is 30.5 Å². The van der Waals surface area contributed by atoms with Crippen molar-refractivity contribution in [3.8, 4) is 0 Å². The zero-order chi connectivity index (χ0) is 19.6. The Hall–Kier alpha value is -3.55. The minimum Gasteiger partial charge on any atom is -0.318 e. The molecule has 0 aliphatic heterocycles. The van der Waals surface area contributed by atoms with Gasteiger partial charge in [0.15, 0.2) is 0 Å². The molecular weight excluding hydrogens is 348 g/mol. The van der Waals surface area contributed by atoms with Crippen molar-refractivity contribution in [1.29, 1.82) is 0 Å². The number of hydrazone groups is 1. The molecule has 2 aromatic carbocycles. The maximum absolute atomic E-state index is 11.9. The molecule has 2 aromatic rings. The molecule has 8 nitrogen and oxygen atoms in total. The molecule has 0 aromatic heterocycles. The molecule has 0 saturated heterocycles. The van der Waals surface area contributed by atoms with Gasteiger partial charge in [0, 0.05) is 23.4 Å². The van der Waals surface area contributed by atoms with Crippen LogP contribution in [0.4, 0.5) is 11.4 Å². The lowest BCUT2D eigenvalue weighted by Crippen LogP contribution is -2.32. The van der Waals surface area contributed by atoms with E-state index in [9.17, 15) is 19.7 Å². The van der Waals surface area contributed by atoms with Gasteiger partial charge in [-0.2, -0.15) is 5.10 Å². The highest BCUT2D eigenvalue weighted by Gasteiger charge is 2.12. The van der Waals surface area contributed by atoms with E-state index in [1.54, 1.807) is 18.2 Å². The van der Waals surface area contributed by atoms with Crippen LogP contribution in [0.1, 0.15) is 30.9 Å². The van der Waals surface area contributed by atoms with E-state index in [1.807, 2.05) is 12.1 Å². The standard InChI is InChI=1S/C19H20N4O4/c1-2-3-5-14-8-10-16(11-9-14)21-18(24)19(25)22-20-13-15-6-4-7-17(12-15)23(26)27/h4,6-13H,2-3,5H2,1H3,(H,21,24)(H,22,25). The first-order chi connectivity index (χ1) is 13.0. The average molecular weight is 368 g/mol. The maximum Gasteiger partial charge on any atom is 0.329 e. The van der Waals surface area contributed by atoms with Crippen molar-refractivity contribution in [1.82, 2.24) is 5.43 Å². The summed E-state index contributed by atoms with van der Waals surface area (Å²) in [6, 6.07) is 13.0. The molecule has 0 atom stereocenters. The number of nitrogens with one attached hydrogen (secondary N) is 2. The Bertz CT molecular complexity index is 847. The smallest absolute Gasteiger partial charge is 0.318 e. The number of nitrogens with zero attached hydrogens (tertiary/aromatic N) is 2. The summed E-state index contributed by atoms with van der Waals surface area (Å²) >= 11 is 0. The van der Waals surface area contributed by atoms with Crippen molar-refractivity contribution < 1.29 is 14.5 Å². The van der Waals surface area contributed by atoms with Crippen LogP contribution in [0.2, 0.25) is 0 Å². The minimum atomic E-state index is -0.938. The van der Waals surface area contributed by atoms with E-state index in [0.29, 0.717) is 11.3 Å². The molecule has 0 aliphatic carbocycles. The fraction of sp³-hybridized carbons (Fsp3) is 0.211. The van der Waals surface area contributed by atoms with E-state index >= 15 is 0 Å². The first-order valence-corrected chi connectivity index (χ1v) is 8.47. The summed E-state index contributed by atoms with van der Waals surface area (Å²) in [6.07, 6.45) is 4.39. The molecule has 2 rings (SSSR count). The number of benzene rings is 2. The maximum atomic E-state index is 11.9. The zero-order valence-electron chi connectivity index (χ0n) is 14.8. The van der Waals surface area contributed by atoms with Crippen LogP contribution >= 0.6 is 0 Å². The molecule has 0 bridgehead atoms. The third-order valence-electron chi connectivity index (χ3n) is 3.70. The number of carbonyl (C=O) groups is 2. The Labute approximate surface area is 156 Å². The van der Waals surface area contributed by atoms with Crippen LogP contribution in [0.15, 0.2) is 53.6 Å². The van der Waals surface area contributed by atoms with E-state index in [4.69, 9.17) is 0 Å². The second-order valence-electron chi connectivity index (χ2n) is 5.81. The van der Waals surface area contributed by atoms with Crippen molar-refractivity contribution in [2.75, 3.05) is 5.32 Å². The molecule has 0 fully saturated rings. The zero-order valence-corrected chi connectivity index (χ0v) is 14.8. The van der Waals surface area contributed by atoms with Gasteiger partial charge in [0.05, 0.1) is 11.1 Å². The van der Waals surface area contributed by atoms with Crippen LogP contribution in [0, 0.1) is 10.1 Å². The summed E-state index contributed by atoms with van der Waals surface area (Å²) < 4.78 is 0. The van der Waals surface area contributed by atoms with Crippen molar-refractivity contribution in [2.24, 2.45) is 5.10 Å². The van der Waals surface area contributed by atoms with Crippen LogP contribution in [0.25, 0.3) is 0 Å². The second kappa shape index (κ2) is 9.81. The fourth-order valence-corrected chi connectivity index (χ4v) is 2.26. The number of hydrogen-bond acceptors (Lipinski definition) is 5. The molecule has 0 spiro atoms. The topological polar surface area (TPSA) is 114 Å². The summed E-state index contributed by atoms with van der Waals surface area (Å²) in [4.78, 5) is 33.8. The van der Waals surface area contributed by atoms with E-state index in [1.165, 1.54) is 30.0 Å². The number of aryl methyl sites for hydroxylation is 1. The van der Waals surface area contributed by atoms with Gasteiger partial charge in [-0.3, -0.25) is 19.7 Å². The summed E-state index contributed by atoms with van der Waals surface area (Å²) in [5, 5.41) is 16.8. The number of unbranched alkanes of at least 4 members (excludes halogenated alkanes) is 1. The highest BCUT2D eigenvalue weighted by atomic mass is 16.6. The van der Waals surface area contributed by atoms with Gasteiger partial charge in [0.1, 0.15) is 0 Å². The lowest BCUT2D eigenvalue weighted by molar-refractivity contribution is -0.384. The van der Waals surface area contributed by atoms with Gasteiger partial charge >= 0.3 is 11.8 Å². The van der Waals surface area contributed by atoms with Gasteiger partial charge in [-0.25, -0.2) is 5.43 Å². The second-order valence-corrected chi connectivity index (χ2v) is 5.81. The summed E-state index contributed by atoms with van der Waals surface area (Å²) in [5.41, 5.74) is 4.10. The molecule has 0 heterocycles. The van der Waals surface area contributed by atoms with E-state index in [2.05, 4.69) is 22.8 Å². The van der Waals surface area contributed by atoms with Crippen LogP contribution in [0.3, 0.4) is 0 Å². The lowest BCUT2D eigenvalue weighted by Gasteiger charge is -2.05. The first kappa shape index (κ1) is 19.8. The molecule has 2 N–H and O–H groups in total. The van der Waals surface area contributed by atoms with Gasteiger partial charge in [-0.1, -0.05) is 37.6 Å². The van der Waals surface area contributed by atoms with Crippen LogP contribution in [-0.4, -0.2) is 23.0 Å². The number of nitro groups is 1. The molecule has 27 heavy (non-hydrogen) atoms. The largest absolute Gasteiger partial charge is 0.329 e. The molecule has 140 valence electrons. The molecule has 2 amide bonds. The number of carbonyl (C=O) groups excluding carboxylic acids is 2. The fourth-order valence-electron chi connectivity index (χ4n) is 2.26. The quantitative estimate of drug-likeness (QED) is 0.338. The van der Waals surface area contributed by atoms with Crippen molar-refractivity contribution in [3.05, 3.63) is 69.8 Å². The Morgan fingerprint density at radius 2 is 1.89 bits per heavy atom. The van der Waals surface area contributed by atoms with Crippen LogP contribution < -0.4 is 10.7 Å². The molecule has 0 saturated carbocycles. The third-order valence-corrected chi connectivity index (χ3v) is 3.70. The van der Waals surface area contributed by atoms with Gasteiger partial charge in [0.25, 0.3) is 5.69 Å². The number of anilines is 1. The highest BCUT2D eigenvalue weighted by molar-refractivity contribution is 6.39. The minimum absolute atomic E-state index is 0.0922. The van der Waals surface area contributed by atoms with Gasteiger partial charge < -0.3 is 5.32 Å². The van der Waals surface area contributed by atoms with E-state index < -0.39 is 16.7 Å². The van der Waals surface area contributed by atoms with Gasteiger partial charge in [0.2, 0.25) is 0 Å². The summed E-state index contributed by atoms with van der Waals surface area (Å²) in [6.45, 7) is 2.12. The van der Waals surface area contributed by atoms with E-state index in [-0.39, 0.29) is 5.69 Å². The molecule has 0 aliphatic rings. The number of nitro benzene ring substituents is 1. The molecule has 0 unspecified atom stereocenters. The lowest BCUT2D eigenvalue weighted by atomic mass is 10.1. The molecule has 0 radical (unpaired) electrons. The Balaban J connectivity index is 1.87. The Morgan fingerprint density at radius 1 is 1.15 bits per heavy atom. The predicted octanol–water partition coefficient (Wildman–Crippen LogP) is 3.03.